The fraction of sp³-hybridized carbons (Fsp3) is 0.833. The van der Waals surface area contributed by atoms with Crippen LogP contribution in [0.3, 0.4) is 0 Å². The number of nitrogens with one attached hydrogen (secondary N) is 2. The molecule has 1 rings (SSSR count). The second-order valence-corrected chi connectivity index (χ2v) is 4.74. The highest BCUT2D eigenvalue weighted by Crippen LogP contribution is 2.13. The molecule has 0 spiro atoms. The van der Waals surface area contributed by atoms with Gasteiger partial charge in [-0.25, -0.2) is 9.59 Å². The first-order valence-electron chi connectivity index (χ1n) is 6.42. The Morgan fingerprint density at radius 3 is 2.78 bits per heavy atom. The van der Waals surface area contributed by atoms with Gasteiger partial charge in [0.1, 0.15) is 6.04 Å². The molecule has 1 aliphatic rings. The Kier molecular flexibility index (Phi) is 5.91. The number of aliphatic carboxylic acids is 1. The topological polar surface area (TPSA) is 87.7 Å². The highest BCUT2D eigenvalue weighted by molar-refractivity contribution is 5.82. The van der Waals surface area contributed by atoms with Crippen molar-refractivity contribution in [2.45, 2.75) is 45.2 Å². The van der Waals surface area contributed by atoms with E-state index in [-0.39, 0.29) is 12.0 Å². The highest BCUT2D eigenvalue weighted by atomic mass is 16.5. The van der Waals surface area contributed by atoms with Crippen LogP contribution >= 0.6 is 0 Å². The zero-order valence-corrected chi connectivity index (χ0v) is 10.9. The standard InChI is InChI=1S/C12H22N2O4/c1-3-4-10(11(15)16)14-12(17)13-9-5-6-18-7-8(9)2/h8-10H,3-7H2,1-2H3,(H,15,16)(H2,13,14,17)/t8?,9?,10-/m1/s1. The van der Waals surface area contributed by atoms with E-state index in [2.05, 4.69) is 10.6 Å². The molecule has 2 unspecified atom stereocenters. The van der Waals surface area contributed by atoms with Gasteiger partial charge >= 0.3 is 12.0 Å². The van der Waals surface area contributed by atoms with E-state index >= 15 is 0 Å². The van der Waals surface area contributed by atoms with Crippen molar-refractivity contribution in [3.8, 4) is 0 Å². The van der Waals surface area contributed by atoms with Gasteiger partial charge in [-0.1, -0.05) is 20.3 Å². The predicted molar refractivity (Wildman–Crippen MR) is 66.4 cm³/mol. The summed E-state index contributed by atoms with van der Waals surface area (Å²) in [6, 6.07) is -1.17. The maximum absolute atomic E-state index is 11.7. The molecule has 1 saturated heterocycles. The van der Waals surface area contributed by atoms with Gasteiger partial charge in [-0.15, -0.1) is 0 Å². The van der Waals surface area contributed by atoms with E-state index < -0.39 is 18.0 Å². The molecule has 6 heteroatoms. The Morgan fingerprint density at radius 2 is 2.22 bits per heavy atom. The second-order valence-electron chi connectivity index (χ2n) is 4.74. The summed E-state index contributed by atoms with van der Waals surface area (Å²) >= 11 is 0. The summed E-state index contributed by atoms with van der Waals surface area (Å²) < 4.78 is 5.29. The number of carboxylic acids is 1. The first kappa shape index (κ1) is 14.8. The average Bonchev–Trinajstić information content (AvgIpc) is 2.31. The Bertz CT molecular complexity index is 296. The smallest absolute Gasteiger partial charge is 0.326 e. The van der Waals surface area contributed by atoms with Crippen molar-refractivity contribution in [1.29, 1.82) is 0 Å². The fourth-order valence-corrected chi connectivity index (χ4v) is 2.01. The normalized spacial score (nSPS) is 25.2. The van der Waals surface area contributed by atoms with E-state index in [9.17, 15) is 9.59 Å². The number of urea groups is 1. The largest absolute Gasteiger partial charge is 0.480 e. The lowest BCUT2D eigenvalue weighted by atomic mass is 9.98. The van der Waals surface area contributed by atoms with Crippen molar-refractivity contribution >= 4 is 12.0 Å². The summed E-state index contributed by atoms with van der Waals surface area (Å²) in [6.07, 6.45) is 1.91. The van der Waals surface area contributed by atoms with Crippen LogP contribution in [0.1, 0.15) is 33.1 Å². The molecule has 0 aromatic heterocycles. The number of amides is 2. The molecule has 0 aromatic carbocycles. The van der Waals surface area contributed by atoms with Crippen molar-refractivity contribution in [2.24, 2.45) is 5.92 Å². The molecule has 0 aliphatic carbocycles. The molecule has 104 valence electrons. The van der Waals surface area contributed by atoms with Gasteiger partial charge in [-0.3, -0.25) is 0 Å². The molecule has 2 amide bonds. The number of rotatable bonds is 5. The number of ether oxygens (including phenoxy) is 1. The molecule has 0 radical (unpaired) electrons. The predicted octanol–water partition coefficient (Wildman–Crippen LogP) is 0.964. The summed E-state index contributed by atoms with van der Waals surface area (Å²) in [5.74, 6) is -0.744. The summed E-state index contributed by atoms with van der Waals surface area (Å²) in [4.78, 5) is 22.6. The molecule has 18 heavy (non-hydrogen) atoms. The monoisotopic (exact) mass is 258 g/mol. The second kappa shape index (κ2) is 7.20. The van der Waals surface area contributed by atoms with Gasteiger partial charge in [0.25, 0.3) is 0 Å². The molecular weight excluding hydrogens is 236 g/mol. The Hall–Kier alpha value is -1.30. The van der Waals surface area contributed by atoms with Crippen LogP contribution in [0.2, 0.25) is 0 Å². The first-order chi connectivity index (χ1) is 8.54. The number of hydrogen-bond acceptors (Lipinski definition) is 3. The number of carboxylic acid groups (broad SMARTS) is 1. The van der Waals surface area contributed by atoms with Crippen molar-refractivity contribution in [3.63, 3.8) is 0 Å². The Morgan fingerprint density at radius 1 is 1.50 bits per heavy atom. The lowest BCUT2D eigenvalue weighted by Gasteiger charge is -2.30. The van der Waals surface area contributed by atoms with Gasteiger partial charge in [0, 0.05) is 12.6 Å². The summed E-state index contributed by atoms with van der Waals surface area (Å²) in [5, 5.41) is 14.3. The van der Waals surface area contributed by atoms with E-state index in [0.29, 0.717) is 26.1 Å². The van der Waals surface area contributed by atoms with Crippen molar-refractivity contribution in [1.82, 2.24) is 10.6 Å². The molecule has 6 nitrogen and oxygen atoms in total. The van der Waals surface area contributed by atoms with Crippen LogP contribution in [-0.4, -0.2) is 42.4 Å². The van der Waals surface area contributed by atoms with Crippen LogP contribution in [-0.2, 0) is 9.53 Å². The highest BCUT2D eigenvalue weighted by Gasteiger charge is 2.25. The zero-order valence-electron chi connectivity index (χ0n) is 10.9. The first-order valence-corrected chi connectivity index (χ1v) is 6.42. The molecule has 0 saturated carbocycles. The number of carbonyl (C=O) groups is 2. The maximum atomic E-state index is 11.7. The summed E-state index contributed by atoms with van der Waals surface area (Å²) in [5.41, 5.74) is 0. The van der Waals surface area contributed by atoms with Crippen molar-refractivity contribution < 1.29 is 19.4 Å². The van der Waals surface area contributed by atoms with Gasteiger partial charge in [0.2, 0.25) is 0 Å². The molecule has 0 bridgehead atoms. The van der Waals surface area contributed by atoms with E-state index in [1.54, 1.807) is 0 Å². The minimum Gasteiger partial charge on any atom is -0.480 e. The molecule has 0 aromatic rings. The summed E-state index contributed by atoms with van der Waals surface area (Å²) in [7, 11) is 0. The van der Waals surface area contributed by atoms with Gasteiger partial charge in [0.05, 0.1) is 6.61 Å². The van der Waals surface area contributed by atoms with Crippen LogP contribution in [0.4, 0.5) is 4.79 Å². The average molecular weight is 258 g/mol. The van der Waals surface area contributed by atoms with E-state index in [0.717, 1.165) is 6.42 Å². The maximum Gasteiger partial charge on any atom is 0.326 e. The third-order valence-electron chi connectivity index (χ3n) is 3.14. The molecule has 1 aliphatic heterocycles. The van der Waals surface area contributed by atoms with Crippen LogP contribution in [0.25, 0.3) is 0 Å². The molecule has 3 N–H and O–H groups in total. The quantitative estimate of drug-likeness (QED) is 0.685. The van der Waals surface area contributed by atoms with Crippen LogP contribution in [0, 0.1) is 5.92 Å². The fourth-order valence-electron chi connectivity index (χ4n) is 2.01. The SMILES string of the molecule is CCC[C@@H](NC(=O)NC1CCOCC1C)C(=O)O. The lowest BCUT2D eigenvalue weighted by Crippen LogP contribution is -2.52. The molecule has 1 heterocycles. The van der Waals surface area contributed by atoms with E-state index in [4.69, 9.17) is 9.84 Å². The van der Waals surface area contributed by atoms with Gasteiger partial charge < -0.3 is 20.5 Å². The minimum absolute atomic E-state index is 0.0508. The van der Waals surface area contributed by atoms with E-state index in [1.165, 1.54) is 0 Å². The van der Waals surface area contributed by atoms with Crippen LogP contribution in [0.15, 0.2) is 0 Å². The van der Waals surface area contributed by atoms with E-state index in [1.807, 2.05) is 13.8 Å². The van der Waals surface area contributed by atoms with Gasteiger partial charge in [-0.05, 0) is 18.8 Å². The zero-order chi connectivity index (χ0) is 13.5. The summed E-state index contributed by atoms with van der Waals surface area (Å²) in [6.45, 7) is 5.15. The lowest BCUT2D eigenvalue weighted by molar-refractivity contribution is -0.139. The Balaban J connectivity index is 2.41. The Labute approximate surface area is 107 Å². The third-order valence-corrected chi connectivity index (χ3v) is 3.14. The molecule has 3 atom stereocenters. The molecular formula is C12H22N2O4. The van der Waals surface area contributed by atoms with Crippen molar-refractivity contribution in [3.05, 3.63) is 0 Å². The number of hydrogen-bond donors (Lipinski definition) is 3. The van der Waals surface area contributed by atoms with Gasteiger partial charge in [0.15, 0.2) is 0 Å². The van der Waals surface area contributed by atoms with Crippen LogP contribution in [0.5, 0.6) is 0 Å². The van der Waals surface area contributed by atoms with Crippen molar-refractivity contribution in [2.75, 3.05) is 13.2 Å². The third kappa shape index (κ3) is 4.52. The van der Waals surface area contributed by atoms with Crippen LogP contribution < -0.4 is 10.6 Å². The number of carbonyl (C=O) groups excluding carboxylic acids is 1. The van der Waals surface area contributed by atoms with Gasteiger partial charge in [-0.2, -0.15) is 0 Å². The minimum atomic E-state index is -0.993. The molecule has 1 fully saturated rings.